The minimum Gasteiger partial charge on any atom is -0.481 e. The van der Waals surface area contributed by atoms with Crippen LogP contribution in [0.25, 0.3) is 0 Å². The number of carboxylic acid groups (broad SMARTS) is 1. The van der Waals surface area contributed by atoms with Gasteiger partial charge in [-0.25, -0.2) is 4.98 Å². The van der Waals surface area contributed by atoms with Crippen molar-refractivity contribution in [3.63, 3.8) is 0 Å². The molecular formula is C64H105N11O11. The number of hydrogen-bond acceptors (Lipinski definition) is 13. The van der Waals surface area contributed by atoms with Crippen LogP contribution in [0.2, 0.25) is 0 Å². The second-order valence-electron chi connectivity index (χ2n) is 23.1. The summed E-state index contributed by atoms with van der Waals surface area (Å²) in [6.07, 6.45) is 18.8. The molecule has 0 aliphatic rings. The molecule has 2 rings (SSSR count). The van der Waals surface area contributed by atoms with Crippen LogP contribution in [0.15, 0.2) is 47.8 Å². The summed E-state index contributed by atoms with van der Waals surface area (Å²) in [5, 5.41) is 23.3. The Labute approximate surface area is 510 Å². The van der Waals surface area contributed by atoms with Gasteiger partial charge in [0.05, 0.1) is 30.5 Å². The second-order valence-corrected chi connectivity index (χ2v) is 23.1. The molecule has 22 heteroatoms. The third-order valence-electron chi connectivity index (χ3n) is 15.8. The van der Waals surface area contributed by atoms with Crippen molar-refractivity contribution in [3.05, 3.63) is 54.1 Å². The minimum absolute atomic E-state index is 0.0359. The van der Waals surface area contributed by atoms with Gasteiger partial charge in [0.15, 0.2) is 29.1 Å². The summed E-state index contributed by atoms with van der Waals surface area (Å²) in [6.45, 7) is 9.54. The van der Waals surface area contributed by atoms with Crippen molar-refractivity contribution in [2.45, 2.75) is 251 Å². The number of H-pyrrole nitrogens is 1. The SMILES string of the molecule is CCCCCCCCCCCCCCCC(=O)N[C@H](C(=O)N[C@@H](C)C(=O)CCC(=O)N[C@@H](Cc1cnc[nH]1)C(=O)C[C@@H](Cc1ccccc1)C(=O)N[C@@H](CCCN=C(N)N)C(=O)C[C@@H](CCCCN)C(=O)N[C@@H](CCC(=O)O)C(=O)CC)[C@@H](C)CC. The van der Waals surface area contributed by atoms with Crippen molar-refractivity contribution in [2.24, 2.45) is 39.9 Å². The maximum absolute atomic E-state index is 14.7. The lowest BCUT2D eigenvalue weighted by atomic mass is 9.88. The molecule has 0 spiro atoms. The normalized spacial score (nSPS) is 14.0. The van der Waals surface area contributed by atoms with Crippen LogP contribution >= 0.6 is 0 Å². The molecule has 2 aromatic rings. The number of rotatable bonds is 51. The maximum Gasteiger partial charge on any atom is 0.303 e. The fraction of sp³-hybridized carbons (Fsp3) is 0.688. The first-order chi connectivity index (χ1) is 41.2. The number of aliphatic carboxylic acids is 1. The zero-order valence-corrected chi connectivity index (χ0v) is 52.2. The van der Waals surface area contributed by atoms with Crippen molar-refractivity contribution in [1.82, 2.24) is 36.6 Å². The number of carbonyl (C=O) groups excluding carboxylic acids is 9. The largest absolute Gasteiger partial charge is 0.481 e. The number of ketones is 4. The Morgan fingerprint density at radius 2 is 1.15 bits per heavy atom. The number of amides is 5. The monoisotopic (exact) mass is 1200 g/mol. The van der Waals surface area contributed by atoms with E-state index in [4.69, 9.17) is 17.2 Å². The van der Waals surface area contributed by atoms with Gasteiger partial charge in [0.1, 0.15) is 6.04 Å². The van der Waals surface area contributed by atoms with E-state index in [1.54, 1.807) is 37.3 Å². The van der Waals surface area contributed by atoms with Crippen LogP contribution < -0.4 is 43.8 Å². The molecule has 0 aliphatic carbocycles. The summed E-state index contributed by atoms with van der Waals surface area (Å²) in [5.74, 6) is -8.12. The molecule has 1 aromatic carbocycles. The van der Waals surface area contributed by atoms with Crippen molar-refractivity contribution in [2.75, 3.05) is 13.1 Å². The summed E-state index contributed by atoms with van der Waals surface area (Å²) in [4.78, 5) is 147. The van der Waals surface area contributed by atoms with Crippen molar-refractivity contribution in [3.8, 4) is 0 Å². The number of guanidine groups is 1. The third-order valence-corrected chi connectivity index (χ3v) is 15.8. The lowest BCUT2D eigenvalue weighted by Gasteiger charge is -2.26. The van der Waals surface area contributed by atoms with E-state index in [0.717, 1.165) is 19.3 Å². The molecule has 0 unspecified atom stereocenters. The van der Waals surface area contributed by atoms with Gasteiger partial charge in [-0.1, -0.05) is 148 Å². The predicted molar refractivity (Wildman–Crippen MR) is 333 cm³/mol. The molecule has 0 fully saturated rings. The summed E-state index contributed by atoms with van der Waals surface area (Å²) in [7, 11) is 0. The van der Waals surface area contributed by atoms with Crippen LogP contribution in [-0.2, 0) is 60.8 Å². The van der Waals surface area contributed by atoms with E-state index in [2.05, 4.69) is 48.5 Å². The Kier molecular flexibility index (Phi) is 39.0. The van der Waals surface area contributed by atoms with Gasteiger partial charge in [-0.3, -0.25) is 52.9 Å². The van der Waals surface area contributed by atoms with E-state index in [-0.39, 0.29) is 101 Å². The topological polar surface area (TPSA) is 370 Å². The van der Waals surface area contributed by atoms with Gasteiger partial charge in [-0.2, -0.15) is 0 Å². The highest BCUT2D eigenvalue weighted by atomic mass is 16.4. The van der Waals surface area contributed by atoms with Crippen LogP contribution in [-0.4, -0.2) is 123 Å². The second kappa shape index (κ2) is 44.6. The highest BCUT2D eigenvalue weighted by Gasteiger charge is 2.34. The van der Waals surface area contributed by atoms with E-state index >= 15 is 0 Å². The molecule has 5 amide bonds. The molecule has 0 aliphatic heterocycles. The number of aliphatic imine (C=N–C) groups is 1. The quantitative estimate of drug-likeness (QED) is 0.0187. The van der Waals surface area contributed by atoms with E-state index in [0.29, 0.717) is 49.9 Å². The smallest absolute Gasteiger partial charge is 0.303 e. The molecule has 482 valence electrons. The number of hydrogen-bond donors (Lipinski definition) is 10. The molecule has 8 atom stereocenters. The first-order valence-electron chi connectivity index (χ1n) is 31.8. The summed E-state index contributed by atoms with van der Waals surface area (Å²) in [5.41, 5.74) is 18.1. The lowest BCUT2D eigenvalue weighted by Crippen LogP contribution is -2.53. The molecule has 1 heterocycles. The Morgan fingerprint density at radius 3 is 1.72 bits per heavy atom. The van der Waals surface area contributed by atoms with Gasteiger partial charge in [0.25, 0.3) is 0 Å². The molecule has 0 radical (unpaired) electrons. The van der Waals surface area contributed by atoms with E-state index in [1.807, 2.05) is 13.8 Å². The first kappa shape index (κ1) is 75.3. The lowest BCUT2D eigenvalue weighted by molar-refractivity contribution is -0.138. The van der Waals surface area contributed by atoms with Crippen molar-refractivity contribution < 1.29 is 53.1 Å². The molecule has 0 saturated carbocycles. The summed E-state index contributed by atoms with van der Waals surface area (Å²) in [6, 6.07) is 3.56. The highest BCUT2D eigenvalue weighted by Crippen LogP contribution is 2.22. The highest BCUT2D eigenvalue weighted by molar-refractivity contribution is 5.98. The molecule has 86 heavy (non-hydrogen) atoms. The number of nitrogens with zero attached hydrogens (tertiary/aromatic N) is 2. The molecule has 0 bridgehead atoms. The van der Waals surface area contributed by atoms with Crippen LogP contribution in [0.3, 0.4) is 0 Å². The number of unbranched alkanes of at least 4 members (excludes halogenated alkanes) is 13. The number of imidazole rings is 1. The first-order valence-corrected chi connectivity index (χ1v) is 31.8. The zero-order valence-electron chi connectivity index (χ0n) is 52.2. The number of carbonyl (C=O) groups is 10. The number of nitrogens with two attached hydrogens (primary N) is 3. The number of benzene rings is 1. The van der Waals surface area contributed by atoms with Crippen molar-refractivity contribution >= 4 is 64.6 Å². The minimum atomic E-state index is -1.20. The van der Waals surface area contributed by atoms with Gasteiger partial charge >= 0.3 is 5.97 Å². The Balaban J connectivity index is 2.23. The number of carboxylic acids is 1. The third kappa shape index (κ3) is 32.6. The van der Waals surface area contributed by atoms with Gasteiger partial charge in [0.2, 0.25) is 29.5 Å². The Bertz CT molecular complexity index is 2380. The average Bonchev–Trinajstić information content (AvgIpc) is 3.53. The number of aromatic amines is 1. The van der Waals surface area contributed by atoms with Crippen molar-refractivity contribution in [1.29, 1.82) is 0 Å². The Hall–Kier alpha value is -6.84. The summed E-state index contributed by atoms with van der Waals surface area (Å²) < 4.78 is 0. The van der Waals surface area contributed by atoms with Crippen LogP contribution in [0, 0.1) is 17.8 Å². The number of Topliss-reactive ketones (excluding diaryl/α,β-unsaturated/α-hetero) is 4. The van der Waals surface area contributed by atoms with Crippen LogP contribution in [0.5, 0.6) is 0 Å². The van der Waals surface area contributed by atoms with E-state index in [9.17, 15) is 53.1 Å². The molecule has 0 saturated heterocycles. The predicted octanol–water partition coefficient (Wildman–Crippen LogP) is 6.69. The van der Waals surface area contributed by atoms with E-state index < -0.39 is 95.4 Å². The van der Waals surface area contributed by atoms with Gasteiger partial charge < -0.3 is 53.9 Å². The standard InChI is InChI=1S/C64H105N11O11/c1-6-9-10-11-12-13-14-15-16-17-18-19-23-31-57(80)75-60(44(4)7-2)63(86)71-45(5)54(77)33-34-58(81)72-52(41-49-42-68-43-70-49)56(79)40-48(38-46-27-21-20-22-28-46)62(85)73-50(30-26-37-69-64(66)67)55(78)39-47(29-24-25-36-65)61(84)74-51(53(76)8-3)32-35-59(82)83/h20-22,27-28,42-45,47-48,50-52,60H,6-19,23-26,29-41,65H2,1-5H3,(H,68,70)(H,71,86)(H,72,81)(H,73,85)(H,74,84)(H,75,80)(H,82,83)(H4,66,67,69)/t44-,45-,47+,48+,50-,51-,52-,60-/m0/s1. The average molecular weight is 1200 g/mol. The summed E-state index contributed by atoms with van der Waals surface area (Å²) >= 11 is 0. The number of aromatic nitrogens is 2. The maximum atomic E-state index is 14.7. The van der Waals surface area contributed by atoms with Gasteiger partial charge in [0, 0.05) is 81.6 Å². The fourth-order valence-electron chi connectivity index (χ4n) is 10.2. The molecular weight excluding hydrogens is 1100 g/mol. The van der Waals surface area contributed by atoms with Gasteiger partial charge in [-0.15, -0.1) is 0 Å². The molecule has 13 N–H and O–H groups in total. The molecule has 1 aromatic heterocycles. The fourth-order valence-corrected chi connectivity index (χ4v) is 10.2. The number of nitrogens with one attached hydrogen (secondary N) is 6. The zero-order chi connectivity index (χ0) is 63.7. The Morgan fingerprint density at radius 1 is 0.570 bits per heavy atom. The molecule has 22 nitrogen and oxygen atoms in total. The van der Waals surface area contributed by atoms with E-state index in [1.165, 1.54) is 77.2 Å². The van der Waals surface area contributed by atoms with Gasteiger partial charge in [-0.05, 0) is 69.9 Å². The van der Waals surface area contributed by atoms with Crippen LogP contribution in [0.4, 0.5) is 0 Å². The van der Waals surface area contributed by atoms with Crippen LogP contribution in [0.1, 0.15) is 219 Å².